The van der Waals surface area contributed by atoms with E-state index in [4.69, 9.17) is 0 Å². The zero-order valence-electron chi connectivity index (χ0n) is 9.79. The number of hydrogen-bond donors (Lipinski definition) is 0. The molecule has 1 aromatic carbocycles. The topological polar surface area (TPSA) is 0 Å². The van der Waals surface area contributed by atoms with Gasteiger partial charge in [-0.2, -0.15) is 0 Å². The molecule has 1 aromatic rings. The quantitative estimate of drug-likeness (QED) is 0.628. The fraction of sp³-hybridized carbons (Fsp3) is 0.200. The summed E-state index contributed by atoms with van der Waals surface area (Å²) in [5.41, 5.74) is 5.07. The van der Waals surface area contributed by atoms with Crippen molar-refractivity contribution >= 4 is 17.3 Å². The van der Waals surface area contributed by atoms with Crippen LogP contribution in [0.15, 0.2) is 47.9 Å². The first-order chi connectivity index (χ1) is 7.70. The highest BCUT2D eigenvalue weighted by Crippen LogP contribution is 2.34. The van der Waals surface area contributed by atoms with Crippen molar-refractivity contribution in [3.63, 3.8) is 0 Å². The lowest BCUT2D eigenvalue weighted by Crippen LogP contribution is -1.93. The molecule has 1 heteroatoms. The fourth-order valence-corrected chi connectivity index (χ4v) is 3.00. The number of fused-ring (bicyclic) bond motifs is 1. The van der Waals surface area contributed by atoms with Crippen LogP contribution < -0.4 is 0 Å². The zero-order chi connectivity index (χ0) is 11.5. The molecule has 0 spiro atoms. The minimum Gasteiger partial charge on any atom is -0.121 e. The Balaban J connectivity index is 2.62. The molecule has 0 radical (unpaired) electrons. The summed E-state index contributed by atoms with van der Waals surface area (Å²) in [4.78, 5) is 1.38. The Morgan fingerprint density at radius 2 is 1.88 bits per heavy atom. The summed E-state index contributed by atoms with van der Waals surface area (Å²) in [5.74, 6) is 1.02. The minimum atomic E-state index is 1.02. The maximum absolute atomic E-state index is 4.17. The van der Waals surface area contributed by atoms with Gasteiger partial charge in [0.05, 0.1) is 0 Å². The van der Waals surface area contributed by atoms with Gasteiger partial charge in [0, 0.05) is 10.6 Å². The van der Waals surface area contributed by atoms with Gasteiger partial charge in [0.15, 0.2) is 0 Å². The monoisotopic (exact) mass is 228 g/mol. The Kier molecular flexibility index (Phi) is 3.35. The molecule has 0 saturated carbocycles. The summed E-state index contributed by atoms with van der Waals surface area (Å²) in [6, 6.07) is 4.37. The van der Waals surface area contributed by atoms with E-state index in [1.807, 2.05) is 11.8 Å². The SMILES string of the molecule is C=C1/C=C\C=C/CSc2c(C)ccc(C)c21. The molecule has 2 rings (SSSR count). The summed E-state index contributed by atoms with van der Waals surface area (Å²) in [6.45, 7) is 8.49. The third-order valence-electron chi connectivity index (χ3n) is 2.75. The molecule has 0 aliphatic carbocycles. The van der Waals surface area contributed by atoms with Crippen molar-refractivity contribution in [3.05, 3.63) is 59.7 Å². The van der Waals surface area contributed by atoms with Gasteiger partial charge < -0.3 is 0 Å². The molecule has 0 saturated heterocycles. The lowest BCUT2D eigenvalue weighted by molar-refractivity contribution is 1.23. The molecule has 0 N–H and O–H groups in total. The van der Waals surface area contributed by atoms with Crippen molar-refractivity contribution in [3.8, 4) is 0 Å². The zero-order valence-corrected chi connectivity index (χ0v) is 10.6. The third-order valence-corrected chi connectivity index (χ3v) is 3.93. The summed E-state index contributed by atoms with van der Waals surface area (Å²) in [6.07, 6.45) is 8.44. The normalized spacial score (nSPS) is 19.2. The molecular weight excluding hydrogens is 212 g/mol. The number of hydrogen-bond acceptors (Lipinski definition) is 1. The van der Waals surface area contributed by atoms with Crippen LogP contribution in [0.1, 0.15) is 16.7 Å². The van der Waals surface area contributed by atoms with Crippen LogP contribution in [-0.2, 0) is 0 Å². The van der Waals surface area contributed by atoms with E-state index in [0.29, 0.717) is 0 Å². The van der Waals surface area contributed by atoms with Gasteiger partial charge in [-0.05, 0) is 36.1 Å². The van der Waals surface area contributed by atoms with Crippen molar-refractivity contribution in [1.29, 1.82) is 0 Å². The van der Waals surface area contributed by atoms with E-state index in [-0.39, 0.29) is 0 Å². The molecule has 82 valence electrons. The Bertz CT molecular complexity index is 478. The van der Waals surface area contributed by atoms with Gasteiger partial charge in [-0.15, -0.1) is 11.8 Å². The highest BCUT2D eigenvalue weighted by atomic mass is 32.2. The Morgan fingerprint density at radius 1 is 1.12 bits per heavy atom. The standard InChI is InChI=1S/C15H16S/c1-11-7-5-4-6-10-16-15-13(3)9-8-12(2)14(11)15/h4-9H,1,10H2,2-3H3/b6-4-,7-5-. The van der Waals surface area contributed by atoms with Crippen molar-refractivity contribution in [2.24, 2.45) is 0 Å². The molecule has 1 aliphatic rings. The van der Waals surface area contributed by atoms with E-state index in [2.05, 4.69) is 56.9 Å². The summed E-state index contributed by atoms with van der Waals surface area (Å²) < 4.78 is 0. The fourth-order valence-electron chi connectivity index (χ4n) is 1.89. The van der Waals surface area contributed by atoms with E-state index in [0.717, 1.165) is 11.3 Å². The number of rotatable bonds is 0. The van der Waals surface area contributed by atoms with Gasteiger partial charge in [0.25, 0.3) is 0 Å². The second-order valence-corrected chi connectivity index (χ2v) is 5.06. The molecule has 0 amide bonds. The largest absolute Gasteiger partial charge is 0.121 e. The van der Waals surface area contributed by atoms with Crippen molar-refractivity contribution in [2.45, 2.75) is 18.7 Å². The number of thioether (sulfide) groups is 1. The van der Waals surface area contributed by atoms with Crippen LogP contribution in [0.4, 0.5) is 0 Å². The summed E-state index contributed by atoms with van der Waals surface area (Å²) in [5, 5.41) is 0. The van der Waals surface area contributed by atoms with Crippen LogP contribution in [0.3, 0.4) is 0 Å². The van der Waals surface area contributed by atoms with Crippen LogP contribution in [0.25, 0.3) is 5.57 Å². The highest BCUT2D eigenvalue weighted by Gasteiger charge is 2.11. The smallest absolute Gasteiger partial charge is 0.0185 e. The molecule has 0 bridgehead atoms. The van der Waals surface area contributed by atoms with Crippen molar-refractivity contribution < 1.29 is 0 Å². The third kappa shape index (κ3) is 2.14. The first-order valence-corrected chi connectivity index (χ1v) is 6.44. The maximum atomic E-state index is 4.17. The van der Waals surface area contributed by atoms with E-state index >= 15 is 0 Å². The molecule has 0 fully saturated rings. The van der Waals surface area contributed by atoms with Gasteiger partial charge >= 0.3 is 0 Å². The minimum absolute atomic E-state index is 1.02. The molecule has 0 nitrogen and oxygen atoms in total. The van der Waals surface area contributed by atoms with Crippen LogP contribution in [0.2, 0.25) is 0 Å². The van der Waals surface area contributed by atoms with Crippen LogP contribution in [0, 0.1) is 13.8 Å². The average molecular weight is 228 g/mol. The summed E-state index contributed by atoms with van der Waals surface area (Å²) in [7, 11) is 0. The predicted octanol–water partition coefficient (Wildman–Crippen LogP) is 4.53. The Hall–Kier alpha value is -1.21. The molecule has 0 atom stereocenters. The molecule has 1 aliphatic heterocycles. The second-order valence-electron chi connectivity index (χ2n) is 4.03. The van der Waals surface area contributed by atoms with Gasteiger partial charge in [0.1, 0.15) is 0 Å². The average Bonchev–Trinajstić information content (AvgIpc) is 2.35. The number of allylic oxidation sites excluding steroid dienone is 4. The molecule has 1 heterocycles. The first kappa shape index (κ1) is 11.3. The maximum Gasteiger partial charge on any atom is 0.0185 e. The first-order valence-electron chi connectivity index (χ1n) is 5.45. The number of aryl methyl sites for hydroxylation is 2. The van der Waals surface area contributed by atoms with Crippen molar-refractivity contribution in [1.82, 2.24) is 0 Å². The van der Waals surface area contributed by atoms with E-state index in [1.165, 1.54) is 21.6 Å². The second kappa shape index (κ2) is 4.75. The van der Waals surface area contributed by atoms with Gasteiger partial charge in [-0.25, -0.2) is 0 Å². The predicted molar refractivity (Wildman–Crippen MR) is 74.0 cm³/mol. The van der Waals surface area contributed by atoms with Gasteiger partial charge in [-0.3, -0.25) is 0 Å². The van der Waals surface area contributed by atoms with Gasteiger partial charge in [-0.1, -0.05) is 43.0 Å². The van der Waals surface area contributed by atoms with Gasteiger partial charge in [0.2, 0.25) is 0 Å². The highest BCUT2D eigenvalue weighted by molar-refractivity contribution is 7.99. The Labute approximate surface area is 102 Å². The molecule has 16 heavy (non-hydrogen) atoms. The molecule has 0 aromatic heterocycles. The van der Waals surface area contributed by atoms with Crippen molar-refractivity contribution in [2.75, 3.05) is 5.75 Å². The summed E-state index contributed by atoms with van der Waals surface area (Å²) >= 11 is 1.89. The Morgan fingerprint density at radius 3 is 2.69 bits per heavy atom. The van der Waals surface area contributed by atoms with Crippen LogP contribution >= 0.6 is 11.8 Å². The van der Waals surface area contributed by atoms with E-state index < -0.39 is 0 Å². The molecular formula is C15H16S. The van der Waals surface area contributed by atoms with Crippen LogP contribution in [0.5, 0.6) is 0 Å². The lowest BCUT2D eigenvalue weighted by Gasteiger charge is -2.14. The lowest BCUT2D eigenvalue weighted by atomic mass is 9.99. The van der Waals surface area contributed by atoms with E-state index in [9.17, 15) is 0 Å². The number of benzene rings is 1. The van der Waals surface area contributed by atoms with E-state index in [1.54, 1.807) is 0 Å². The molecule has 0 unspecified atom stereocenters. The van der Waals surface area contributed by atoms with Crippen LogP contribution in [-0.4, -0.2) is 5.75 Å².